The molecule has 3 fully saturated rings. The Bertz CT molecular complexity index is 1590. The van der Waals surface area contributed by atoms with Crippen LogP contribution in [0.4, 0.5) is 0 Å². The summed E-state index contributed by atoms with van der Waals surface area (Å²) in [5.74, 6) is 1.34. The molecular formula is C34H35NO3. The van der Waals surface area contributed by atoms with Crippen molar-refractivity contribution >= 4 is 33.4 Å². The number of carbonyl (C=O) groups is 2. The van der Waals surface area contributed by atoms with Gasteiger partial charge in [-0.05, 0) is 92.9 Å². The number of carbonyl (C=O) groups excluding carboxylic acids is 2. The Hall–Kier alpha value is -3.66. The smallest absolute Gasteiger partial charge is 0.338 e. The minimum absolute atomic E-state index is 0.00526. The molecule has 3 saturated carbocycles. The van der Waals surface area contributed by atoms with Crippen molar-refractivity contribution in [1.82, 2.24) is 4.90 Å². The van der Waals surface area contributed by atoms with Crippen LogP contribution in [0, 0.1) is 23.2 Å². The summed E-state index contributed by atoms with van der Waals surface area (Å²) in [7, 11) is 3.36. The van der Waals surface area contributed by atoms with Gasteiger partial charge in [-0.2, -0.15) is 0 Å². The normalized spacial score (nSPS) is 23.6. The molecule has 2 bridgehead atoms. The third-order valence-electron chi connectivity index (χ3n) is 9.83. The molecule has 0 unspecified atom stereocenters. The molecule has 4 aromatic carbocycles. The average molecular weight is 506 g/mol. The summed E-state index contributed by atoms with van der Waals surface area (Å²) < 4.78 is 5.19. The van der Waals surface area contributed by atoms with Gasteiger partial charge in [0.05, 0.1) is 12.7 Å². The Morgan fingerprint density at radius 2 is 1.32 bits per heavy atom. The lowest BCUT2D eigenvalue weighted by atomic mass is 9.44. The summed E-state index contributed by atoms with van der Waals surface area (Å²) >= 11 is 0. The van der Waals surface area contributed by atoms with E-state index < -0.39 is 5.97 Å². The van der Waals surface area contributed by atoms with Crippen LogP contribution < -0.4 is 0 Å². The first kappa shape index (κ1) is 24.7. The number of nitrogens with zero attached hydrogens (tertiary/aromatic N) is 1. The lowest BCUT2D eigenvalue weighted by Gasteiger charge is -2.63. The highest BCUT2D eigenvalue weighted by molar-refractivity contribution is 6.10. The van der Waals surface area contributed by atoms with Gasteiger partial charge in [0.2, 0.25) is 0 Å². The number of fused-ring (bicyclic) bond motifs is 4. The van der Waals surface area contributed by atoms with Gasteiger partial charge in [0.25, 0.3) is 5.91 Å². The molecule has 0 radical (unpaired) electrons. The molecule has 0 saturated heterocycles. The highest BCUT2D eigenvalue weighted by Gasteiger charge is 2.57. The third kappa shape index (κ3) is 3.73. The molecule has 38 heavy (non-hydrogen) atoms. The fourth-order valence-corrected chi connectivity index (χ4v) is 7.36. The molecule has 3 aliphatic rings. The monoisotopic (exact) mass is 505 g/mol. The number of rotatable bonds is 4. The number of ether oxygens (including phenoxy) is 1. The van der Waals surface area contributed by atoms with Crippen molar-refractivity contribution in [1.29, 1.82) is 0 Å². The zero-order valence-electron chi connectivity index (χ0n) is 22.8. The molecule has 7 rings (SSSR count). The van der Waals surface area contributed by atoms with Gasteiger partial charge in [0.15, 0.2) is 0 Å². The number of hydrogen-bond donors (Lipinski definition) is 0. The van der Waals surface area contributed by atoms with Crippen molar-refractivity contribution in [3.63, 3.8) is 0 Å². The maximum absolute atomic E-state index is 14.3. The second-order valence-electron chi connectivity index (χ2n) is 11.9. The van der Waals surface area contributed by atoms with E-state index in [4.69, 9.17) is 4.74 Å². The van der Waals surface area contributed by atoms with Crippen LogP contribution in [0.1, 0.15) is 54.3 Å². The average Bonchev–Trinajstić information content (AvgIpc) is 2.94. The van der Waals surface area contributed by atoms with E-state index in [1.165, 1.54) is 13.5 Å². The molecular weight excluding hydrogens is 470 g/mol. The summed E-state index contributed by atoms with van der Waals surface area (Å²) in [4.78, 5) is 29.3. The summed E-state index contributed by atoms with van der Waals surface area (Å²) in [6.45, 7) is 7.09. The van der Waals surface area contributed by atoms with Gasteiger partial charge in [-0.25, -0.2) is 4.79 Å². The van der Waals surface area contributed by atoms with E-state index in [2.05, 4.69) is 32.9 Å². The van der Waals surface area contributed by atoms with Crippen molar-refractivity contribution in [2.24, 2.45) is 23.2 Å². The Kier molecular flexibility index (Phi) is 5.82. The number of esters is 1. The Morgan fingerprint density at radius 3 is 1.82 bits per heavy atom. The van der Waals surface area contributed by atoms with Crippen LogP contribution in [-0.2, 0) is 4.74 Å². The molecule has 194 valence electrons. The molecule has 4 heteroatoms. The maximum atomic E-state index is 14.3. The Balaban J connectivity index is 1.51. The highest BCUT2D eigenvalue weighted by atomic mass is 16.5. The fourth-order valence-electron chi connectivity index (χ4n) is 7.36. The first-order valence-corrected chi connectivity index (χ1v) is 13.6. The molecule has 0 heterocycles. The summed E-state index contributed by atoms with van der Waals surface area (Å²) in [5, 5.41) is 4.01. The van der Waals surface area contributed by atoms with Crippen LogP contribution in [0.25, 0.3) is 32.7 Å². The van der Waals surface area contributed by atoms with Crippen molar-refractivity contribution < 1.29 is 14.3 Å². The molecule has 0 aromatic heterocycles. The van der Waals surface area contributed by atoms with E-state index in [0.717, 1.165) is 39.1 Å². The van der Waals surface area contributed by atoms with E-state index in [-0.39, 0.29) is 11.9 Å². The minimum Gasteiger partial charge on any atom is -0.465 e. The Morgan fingerprint density at radius 1 is 0.816 bits per heavy atom. The third-order valence-corrected chi connectivity index (χ3v) is 9.83. The SMILES string of the molecule is COC(=O)c1cc2ccccc2cc1-c1cc2ccccc2cc1C(=O)N(C)[C@H]1C[C@H]2C[C@@H]([C@@H]1C)C2(C)C. The molecule has 0 N–H and O–H groups in total. The van der Waals surface area contributed by atoms with E-state index >= 15 is 0 Å². The molecule has 3 aliphatic carbocycles. The Labute approximate surface area is 224 Å². The van der Waals surface area contributed by atoms with Crippen LogP contribution >= 0.6 is 0 Å². The second-order valence-corrected chi connectivity index (χ2v) is 11.9. The molecule has 0 aliphatic heterocycles. The first-order valence-electron chi connectivity index (χ1n) is 13.6. The van der Waals surface area contributed by atoms with E-state index in [0.29, 0.717) is 34.3 Å². The number of benzene rings is 4. The number of methoxy groups -OCH3 is 1. The van der Waals surface area contributed by atoms with Gasteiger partial charge in [-0.15, -0.1) is 0 Å². The fraction of sp³-hybridized carbons (Fsp3) is 0.353. The van der Waals surface area contributed by atoms with Crippen LogP contribution in [-0.4, -0.2) is 37.0 Å². The van der Waals surface area contributed by atoms with Gasteiger partial charge in [0.1, 0.15) is 0 Å². The molecule has 0 spiro atoms. The molecule has 4 atom stereocenters. The van der Waals surface area contributed by atoms with Gasteiger partial charge < -0.3 is 9.64 Å². The summed E-state index contributed by atoms with van der Waals surface area (Å²) in [6.07, 6.45) is 2.31. The second kappa shape index (κ2) is 8.97. The summed E-state index contributed by atoms with van der Waals surface area (Å²) in [6, 6.07) is 24.2. The van der Waals surface area contributed by atoms with E-state index in [9.17, 15) is 9.59 Å². The maximum Gasteiger partial charge on any atom is 0.338 e. The first-order chi connectivity index (χ1) is 18.2. The lowest BCUT2D eigenvalue weighted by Crippen LogP contribution is -2.60. The van der Waals surface area contributed by atoms with Crippen LogP contribution in [0.3, 0.4) is 0 Å². The molecule has 4 nitrogen and oxygen atoms in total. The number of amides is 1. The zero-order valence-corrected chi connectivity index (χ0v) is 22.8. The number of hydrogen-bond acceptors (Lipinski definition) is 3. The van der Waals surface area contributed by atoms with Gasteiger partial charge >= 0.3 is 5.97 Å². The van der Waals surface area contributed by atoms with Crippen molar-refractivity contribution in [3.05, 3.63) is 83.9 Å². The standard InChI is InChI=1S/C34H35NO3/c1-20-30-18-25(34(30,2)3)19-31(20)35(4)32(36)28-16-23-12-8-6-10-21(23)14-26(28)27-15-22-11-7-9-13-24(22)17-29(27)33(37)38-5/h6-17,20,25,30-31H,18-19H2,1-5H3/t20-,25+,30-,31-/m0/s1. The zero-order chi connectivity index (χ0) is 26.8. The van der Waals surface area contributed by atoms with Gasteiger partial charge in [-0.1, -0.05) is 69.3 Å². The van der Waals surface area contributed by atoms with E-state index in [1.54, 1.807) is 0 Å². The largest absolute Gasteiger partial charge is 0.465 e. The van der Waals surface area contributed by atoms with Crippen LogP contribution in [0.5, 0.6) is 0 Å². The topological polar surface area (TPSA) is 46.6 Å². The van der Waals surface area contributed by atoms with Crippen molar-refractivity contribution in [3.8, 4) is 11.1 Å². The van der Waals surface area contributed by atoms with Crippen molar-refractivity contribution in [2.45, 2.75) is 39.7 Å². The lowest BCUT2D eigenvalue weighted by molar-refractivity contribution is -0.129. The van der Waals surface area contributed by atoms with Crippen LogP contribution in [0.2, 0.25) is 0 Å². The quantitative estimate of drug-likeness (QED) is 0.269. The van der Waals surface area contributed by atoms with Crippen LogP contribution in [0.15, 0.2) is 72.8 Å². The molecule has 4 aromatic rings. The van der Waals surface area contributed by atoms with Gasteiger partial charge in [-0.3, -0.25) is 4.79 Å². The van der Waals surface area contributed by atoms with Crippen molar-refractivity contribution in [2.75, 3.05) is 14.2 Å². The molecule has 1 amide bonds. The van der Waals surface area contributed by atoms with E-state index in [1.807, 2.05) is 72.6 Å². The predicted molar refractivity (Wildman–Crippen MR) is 153 cm³/mol. The minimum atomic E-state index is -0.408. The summed E-state index contributed by atoms with van der Waals surface area (Å²) in [5.41, 5.74) is 2.93. The highest BCUT2D eigenvalue weighted by Crippen LogP contribution is 2.62. The predicted octanol–water partition coefficient (Wildman–Crippen LogP) is 7.59. The van der Waals surface area contributed by atoms with Gasteiger partial charge in [0, 0.05) is 18.7 Å².